The molecule has 0 spiro atoms. The molecule has 2 aliphatic heterocycles. The molecule has 0 saturated carbocycles. The van der Waals surface area contributed by atoms with E-state index < -0.39 is 46.3 Å². The molecule has 1 aromatic carbocycles. The van der Waals surface area contributed by atoms with Gasteiger partial charge in [0, 0.05) is 41.1 Å². The van der Waals surface area contributed by atoms with Crippen LogP contribution < -0.4 is 10.6 Å². The fraction of sp³-hybridized carbons (Fsp3) is 0.400. The summed E-state index contributed by atoms with van der Waals surface area (Å²) < 4.78 is 55.7. The van der Waals surface area contributed by atoms with E-state index in [9.17, 15) is 27.2 Å². The zero-order valence-electron chi connectivity index (χ0n) is 15.9. The number of halogens is 5. The molecule has 1 amide bonds. The number of allylic oxidation sites excluding steroid dienone is 2. The Morgan fingerprint density at radius 2 is 1.86 bits per heavy atom. The summed E-state index contributed by atoms with van der Waals surface area (Å²) in [6.07, 6.45) is -4.67. The summed E-state index contributed by atoms with van der Waals surface area (Å²) in [5.74, 6) is -3.17. The minimum atomic E-state index is -4.84. The van der Waals surface area contributed by atoms with Gasteiger partial charge >= 0.3 is 6.18 Å². The summed E-state index contributed by atoms with van der Waals surface area (Å²) in [5, 5.41) is 4.94. The monoisotopic (exact) mass is 474 g/mol. The highest BCUT2D eigenvalue weighted by molar-refractivity contribution is 9.10. The summed E-state index contributed by atoms with van der Waals surface area (Å²) in [4.78, 5) is 25.8. The van der Waals surface area contributed by atoms with E-state index >= 15 is 0 Å². The van der Waals surface area contributed by atoms with E-state index in [1.807, 2.05) is 0 Å². The molecular formula is C20H19BrF4N2O2. The van der Waals surface area contributed by atoms with Crippen molar-refractivity contribution in [3.63, 3.8) is 0 Å². The van der Waals surface area contributed by atoms with Crippen LogP contribution in [0.2, 0.25) is 0 Å². The molecule has 0 bridgehead atoms. The van der Waals surface area contributed by atoms with Crippen LogP contribution >= 0.6 is 15.9 Å². The van der Waals surface area contributed by atoms with Crippen LogP contribution in [-0.2, 0) is 9.59 Å². The van der Waals surface area contributed by atoms with Crippen molar-refractivity contribution in [1.82, 2.24) is 10.6 Å². The van der Waals surface area contributed by atoms with E-state index in [4.69, 9.17) is 0 Å². The van der Waals surface area contributed by atoms with Gasteiger partial charge in [0.2, 0.25) is 5.91 Å². The number of rotatable bonds is 2. The van der Waals surface area contributed by atoms with Gasteiger partial charge in [-0.15, -0.1) is 0 Å². The van der Waals surface area contributed by atoms with E-state index in [1.165, 1.54) is 32.9 Å². The standard InChI is InChI=1S/C20H19BrF4N2O2/c1-19(2,3)17(28)15-13(9-4-5-11(22)10(21)8-9)14-12(6-7-26-18(14)29)27-16(15)20(23,24)25/h4-5,8,13,27H,6-7H2,1-3H3,(H,26,29). The fourth-order valence-corrected chi connectivity index (χ4v) is 3.90. The normalized spacial score (nSPS) is 20.3. The van der Waals surface area contributed by atoms with Crippen LogP contribution in [0.4, 0.5) is 17.6 Å². The number of carbonyl (C=O) groups is 2. The molecule has 2 aliphatic rings. The zero-order valence-corrected chi connectivity index (χ0v) is 17.5. The first-order valence-corrected chi connectivity index (χ1v) is 9.71. The van der Waals surface area contributed by atoms with Crippen molar-refractivity contribution in [1.29, 1.82) is 0 Å². The van der Waals surface area contributed by atoms with Gasteiger partial charge in [0.25, 0.3) is 0 Å². The first-order valence-electron chi connectivity index (χ1n) is 8.91. The third-order valence-corrected chi connectivity index (χ3v) is 5.45. The predicted octanol–water partition coefficient (Wildman–Crippen LogP) is 4.48. The highest BCUT2D eigenvalue weighted by Crippen LogP contribution is 2.46. The Morgan fingerprint density at radius 3 is 2.41 bits per heavy atom. The smallest absolute Gasteiger partial charge is 0.354 e. The number of benzene rings is 1. The Morgan fingerprint density at radius 1 is 1.21 bits per heavy atom. The molecule has 1 unspecified atom stereocenters. The van der Waals surface area contributed by atoms with Gasteiger partial charge in [-0.05, 0) is 33.6 Å². The van der Waals surface area contributed by atoms with Crippen LogP contribution in [0.3, 0.4) is 0 Å². The lowest BCUT2D eigenvalue weighted by Gasteiger charge is -2.37. The number of dihydropyridines is 1. The molecule has 2 heterocycles. The average molecular weight is 475 g/mol. The molecule has 0 fully saturated rings. The van der Waals surface area contributed by atoms with E-state index in [2.05, 4.69) is 26.6 Å². The van der Waals surface area contributed by atoms with Gasteiger partial charge in [0.15, 0.2) is 5.78 Å². The van der Waals surface area contributed by atoms with Crippen LogP contribution in [0.15, 0.2) is 45.2 Å². The van der Waals surface area contributed by atoms with Gasteiger partial charge in [-0.2, -0.15) is 13.2 Å². The number of hydrogen-bond acceptors (Lipinski definition) is 3. The highest BCUT2D eigenvalue weighted by atomic mass is 79.9. The van der Waals surface area contributed by atoms with Crippen molar-refractivity contribution in [2.24, 2.45) is 5.41 Å². The second-order valence-electron chi connectivity index (χ2n) is 8.00. The summed E-state index contributed by atoms with van der Waals surface area (Å²) in [6.45, 7) is 4.72. The summed E-state index contributed by atoms with van der Waals surface area (Å²) in [7, 11) is 0. The largest absolute Gasteiger partial charge is 0.431 e. The molecule has 1 aromatic rings. The third-order valence-electron chi connectivity index (χ3n) is 4.84. The maximum atomic E-state index is 14.0. The van der Waals surface area contributed by atoms with E-state index in [0.29, 0.717) is 0 Å². The molecule has 0 aromatic heterocycles. The van der Waals surface area contributed by atoms with Gasteiger partial charge in [-0.1, -0.05) is 26.8 Å². The number of hydrogen-bond donors (Lipinski definition) is 2. The number of carbonyl (C=O) groups excluding carboxylic acids is 2. The van der Waals surface area contributed by atoms with Crippen molar-refractivity contribution >= 4 is 27.6 Å². The van der Waals surface area contributed by atoms with Crippen molar-refractivity contribution in [2.75, 3.05) is 6.54 Å². The average Bonchev–Trinajstić information content (AvgIpc) is 2.60. The van der Waals surface area contributed by atoms with Gasteiger partial charge < -0.3 is 10.6 Å². The van der Waals surface area contributed by atoms with E-state index in [0.717, 1.165) is 6.07 Å². The number of nitrogens with one attached hydrogen (secondary N) is 2. The topological polar surface area (TPSA) is 58.2 Å². The number of ketones is 1. The number of alkyl halides is 3. The molecular weight excluding hydrogens is 456 g/mol. The first kappa shape index (κ1) is 21.5. The summed E-state index contributed by atoms with van der Waals surface area (Å²) in [5.41, 5.74) is -2.45. The minimum absolute atomic E-state index is 0.0306. The fourth-order valence-electron chi connectivity index (χ4n) is 3.51. The van der Waals surface area contributed by atoms with Crippen molar-refractivity contribution in [2.45, 2.75) is 39.3 Å². The maximum Gasteiger partial charge on any atom is 0.431 e. The Bertz CT molecular complexity index is 958. The van der Waals surface area contributed by atoms with Crippen molar-refractivity contribution in [3.05, 3.63) is 56.6 Å². The zero-order chi connectivity index (χ0) is 21.7. The second-order valence-corrected chi connectivity index (χ2v) is 8.85. The SMILES string of the molecule is CC(C)(C)C(=O)C1=C(C(F)(F)F)NC2=C(C(=O)NCC2)C1c1ccc(F)c(Br)c1. The predicted molar refractivity (Wildman–Crippen MR) is 102 cm³/mol. The lowest BCUT2D eigenvalue weighted by molar-refractivity contribution is -0.125. The number of Topliss-reactive ketones (excluding diaryl/α,β-unsaturated/α-hetero) is 1. The van der Waals surface area contributed by atoms with E-state index in [-0.39, 0.29) is 34.3 Å². The molecule has 0 aliphatic carbocycles. The van der Waals surface area contributed by atoms with Gasteiger partial charge in [0.05, 0.1) is 4.47 Å². The van der Waals surface area contributed by atoms with Crippen molar-refractivity contribution < 1.29 is 27.2 Å². The minimum Gasteiger partial charge on any atom is -0.354 e. The quantitative estimate of drug-likeness (QED) is 0.621. The molecule has 0 saturated heterocycles. The number of amides is 1. The summed E-state index contributed by atoms with van der Waals surface area (Å²) in [6, 6.07) is 3.70. The molecule has 0 radical (unpaired) electrons. The highest BCUT2D eigenvalue weighted by Gasteiger charge is 2.49. The van der Waals surface area contributed by atoms with E-state index in [1.54, 1.807) is 0 Å². The molecule has 3 rings (SSSR count). The molecule has 4 nitrogen and oxygen atoms in total. The van der Waals surface area contributed by atoms with Crippen LogP contribution in [-0.4, -0.2) is 24.4 Å². The summed E-state index contributed by atoms with van der Waals surface area (Å²) >= 11 is 3.04. The molecule has 156 valence electrons. The first-order chi connectivity index (χ1) is 13.3. The molecule has 1 atom stereocenters. The molecule has 29 heavy (non-hydrogen) atoms. The van der Waals surface area contributed by atoms with Gasteiger partial charge in [0.1, 0.15) is 11.5 Å². The van der Waals surface area contributed by atoms with Crippen LogP contribution in [0, 0.1) is 11.2 Å². The lowest BCUT2D eigenvalue weighted by Crippen LogP contribution is -2.45. The van der Waals surface area contributed by atoms with Crippen molar-refractivity contribution in [3.8, 4) is 0 Å². The van der Waals surface area contributed by atoms with Crippen LogP contribution in [0.1, 0.15) is 38.7 Å². The Hall–Kier alpha value is -2.16. The molecule has 2 N–H and O–H groups in total. The Balaban J connectivity index is 2.35. The lowest BCUT2D eigenvalue weighted by atomic mass is 9.72. The van der Waals surface area contributed by atoms with Gasteiger partial charge in [-0.25, -0.2) is 4.39 Å². The molecule has 9 heteroatoms. The van der Waals surface area contributed by atoms with Crippen LogP contribution in [0.5, 0.6) is 0 Å². The van der Waals surface area contributed by atoms with Crippen LogP contribution in [0.25, 0.3) is 0 Å². The van der Waals surface area contributed by atoms with Gasteiger partial charge in [-0.3, -0.25) is 9.59 Å². The Kier molecular flexibility index (Phi) is 5.40. The third kappa shape index (κ3) is 3.97. The maximum absolute atomic E-state index is 14.0. The second kappa shape index (κ2) is 7.27. The Labute approximate surface area is 173 Å².